The van der Waals surface area contributed by atoms with Crippen molar-refractivity contribution in [2.75, 3.05) is 19.8 Å². The molecule has 3 heteroatoms. The monoisotopic (exact) mass is 268 g/mol. The Hall–Kier alpha value is -0.120. The van der Waals surface area contributed by atoms with Crippen LogP contribution in [0.15, 0.2) is 0 Å². The number of ether oxygens (including phenoxy) is 3. The zero-order valence-corrected chi connectivity index (χ0v) is 12.3. The highest BCUT2D eigenvalue weighted by Crippen LogP contribution is 2.47. The van der Waals surface area contributed by atoms with Gasteiger partial charge in [-0.15, -0.1) is 0 Å². The summed E-state index contributed by atoms with van der Waals surface area (Å²) in [4.78, 5) is 0. The smallest absolute Gasteiger partial charge is 0.123 e. The lowest BCUT2D eigenvalue weighted by atomic mass is 9.70. The van der Waals surface area contributed by atoms with Crippen LogP contribution >= 0.6 is 0 Å². The maximum absolute atomic E-state index is 6.40. The third-order valence-corrected chi connectivity index (χ3v) is 5.37. The second kappa shape index (κ2) is 5.71. The van der Waals surface area contributed by atoms with E-state index >= 15 is 0 Å². The lowest BCUT2D eigenvalue weighted by molar-refractivity contribution is -0.279. The van der Waals surface area contributed by atoms with Gasteiger partial charge in [0.1, 0.15) is 5.60 Å². The van der Waals surface area contributed by atoms with E-state index in [1.54, 1.807) is 0 Å². The van der Waals surface area contributed by atoms with Crippen LogP contribution < -0.4 is 0 Å². The summed E-state index contributed by atoms with van der Waals surface area (Å²) < 4.78 is 18.8. The average Bonchev–Trinajstić information content (AvgIpc) is 2.49. The Labute approximate surface area is 117 Å². The van der Waals surface area contributed by atoms with Gasteiger partial charge in [-0.25, -0.2) is 0 Å². The lowest BCUT2D eigenvalue weighted by Crippen LogP contribution is -2.65. The molecule has 110 valence electrons. The van der Waals surface area contributed by atoms with Gasteiger partial charge >= 0.3 is 0 Å². The average molecular weight is 268 g/mol. The first-order valence-electron chi connectivity index (χ1n) is 8.16. The van der Waals surface area contributed by atoms with Crippen LogP contribution in [-0.4, -0.2) is 37.1 Å². The fourth-order valence-electron chi connectivity index (χ4n) is 4.20. The minimum Gasteiger partial charge on any atom is -0.375 e. The molecule has 0 aliphatic carbocycles. The third-order valence-electron chi connectivity index (χ3n) is 5.37. The number of rotatable bonds is 2. The van der Waals surface area contributed by atoms with Crippen molar-refractivity contribution in [1.82, 2.24) is 0 Å². The summed E-state index contributed by atoms with van der Waals surface area (Å²) >= 11 is 0. The van der Waals surface area contributed by atoms with E-state index in [4.69, 9.17) is 14.2 Å². The largest absolute Gasteiger partial charge is 0.375 e. The van der Waals surface area contributed by atoms with Crippen LogP contribution in [0.4, 0.5) is 0 Å². The van der Waals surface area contributed by atoms with Crippen LogP contribution in [0.25, 0.3) is 0 Å². The molecule has 19 heavy (non-hydrogen) atoms. The van der Waals surface area contributed by atoms with E-state index in [0.717, 1.165) is 39.1 Å². The van der Waals surface area contributed by atoms with Gasteiger partial charge in [0.05, 0.1) is 11.7 Å². The van der Waals surface area contributed by atoms with E-state index < -0.39 is 0 Å². The standard InChI is InChI=1S/C16H28O3/c1-15(9-3-6-12-18-15)16(10-4-7-13-19-16)14-8-2-5-11-17-14/h14H,2-13H2,1H3. The summed E-state index contributed by atoms with van der Waals surface area (Å²) in [7, 11) is 0. The zero-order chi connectivity index (χ0) is 13.2. The van der Waals surface area contributed by atoms with Crippen LogP contribution in [0.2, 0.25) is 0 Å². The first kappa shape index (κ1) is 13.8. The first-order chi connectivity index (χ1) is 9.27. The fraction of sp³-hybridized carbons (Fsp3) is 1.00. The van der Waals surface area contributed by atoms with Crippen molar-refractivity contribution in [3.05, 3.63) is 0 Å². The molecule has 3 nitrogen and oxygen atoms in total. The minimum atomic E-state index is -0.188. The molecule has 3 heterocycles. The van der Waals surface area contributed by atoms with E-state index in [1.807, 2.05) is 0 Å². The van der Waals surface area contributed by atoms with Gasteiger partial charge in [-0.05, 0) is 64.7 Å². The Morgan fingerprint density at radius 2 is 1.53 bits per heavy atom. The van der Waals surface area contributed by atoms with E-state index in [0.29, 0.717) is 0 Å². The normalized spacial score (nSPS) is 45.0. The molecule has 3 aliphatic rings. The highest BCUT2D eigenvalue weighted by Gasteiger charge is 2.56. The van der Waals surface area contributed by atoms with Gasteiger partial charge in [0.15, 0.2) is 0 Å². The Bertz CT molecular complexity index is 284. The van der Waals surface area contributed by atoms with Gasteiger partial charge in [-0.2, -0.15) is 0 Å². The summed E-state index contributed by atoms with van der Waals surface area (Å²) in [6, 6.07) is 0. The second-order valence-electron chi connectivity index (χ2n) is 6.59. The summed E-state index contributed by atoms with van der Waals surface area (Å²) in [5, 5.41) is 0. The van der Waals surface area contributed by atoms with Crippen LogP contribution in [0.1, 0.15) is 64.7 Å². The number of hydrogen-bond acceptors (Lipinski definition) is 3. The van der Waals surface area contributed by atoms with E-state index in [9.17, 15) is 0 Å². The molecule has 0 saturated carbocycles. The molecular formula is C16H28O3. The molecule has 3 rings (SSSR count). The predicted octanol–water partition coefficient (Wildman–Crippen LogP) is 3.45. The molecule has 3 aliphatic heterocycles. The molecule has 3 unspecified atom stereocenters. The maximum Gasteiger partial charge on any atom is 0.123 e. The maximum atomic E-state index is 6.40. The number of hydrogen-bond donors (Lipinski definition) is 0. The molecule has 0 amide bonds. The Morgan fingerprint density at radius 3 is 2.11 bits per heavy atom. The van der Waals surface area contributed by atoms with Gasteiger partial charge in [0, 0.05) is 19.8 Å². The predicted molar refractivity (Wildman–Crippen MR) is 74.3 cm³/mol. The summed E-state index contributed by atoms with van der Waals surface area (Å²) in [5.41, 5.74) is -0.334. The van der Waals surface area contributed by atoms with Crippen LogP contribution in [-0.2, 0) is 14.2 Å². The Morgan fingerprint density at radius 1 is 0.789 bits per heavy atom. The molecule has 0 spiro atoms. The van der Waals surface area contributed by atoms with Crippen molar-refractivity contribution in [3.63, 3.8) is 0 Å². The molecule has 0 aromatic heterocycles. The fourth-order valence-corrected chi connectivity index (χ4v) is 4.20. The van der Waals surface area contributed by atoms with E-state index in [1.165, 1.54) is 38.5 Å². The molecular weight excluding hydrogens is 240 g/mol. The quantitative estimate of drug-likeness (QED) is 0.767. The SMILES string of the molecule is CC1(C2(C3CCCCO3)CCCCO2)CCCCO1. The third kappa shape index (κ3) is 2.45. The van der Waals surface area contributed by atoms with Crippen molar-refractivity contribution >= 4 is 0 Å². The van der Waals surface area contributed by atoms with Crippen LogP contribution in [0, 0.1) is 0 Å². The highest BCUT2D eigenvalue weighted by molar-refractivity contribution is 5.07. The zero-order valence-electron chi connectivity index (χ0n) is 12.3. The van der Waals surface area contributed by atoms with Crippen LogP contribution in [0.5, 0.6) is 0 Å². The summed E-state index contributed by atoms with van der Waals surface area (Å²) in [6.07, 6.45) is 11.0. The molecule has 0 radical (unpaired) electrons. The van der Waals surface area contributed by atoms with Crippen LogP contribution in [0.3, 0.4) is 0 Å². The van der Waals surface area contributed by atoms with E-state index in [2.05, 4.69) is 6.92 Å². The topological polar surface area (TPSA) is 27.7 Å². The van der Waals surface area contributed by atoms with Gasteiger partial charge in [0.25, 0.3) is 0 Å². The highest BCUT2D eigenvalue weighted by atomic mass is 16.6. The molecule has 3 saturated heterocycles. The molecule has 3 atom stereocenters. The van der Waals surface area contributed by atoms with E-state index in [-0.39, 0.29) is 17.3 Å². The second-order valence-corrected chi connectivity index (χ2v) is 6.59. The molecule has 3 fully saturated rings. The van der Waals surface area contributed by atoms with Crippen molar-refractivity contribution in [3.8, 4) is 0 Å². The Balaban J connectivity index is 1.86. The van der Waals surface area contributed by atoms with Crippen molar-refractivity contribution in [2.45, 2.75) is 82.0 Å². The van der Waals surface area contributed by atoms with Crippen molar-refractivity contribution in [1.29, 1.82) is 0 Å². The Kier molecular flexibility index (Phi) is 4.16. The van der Waals surface area contributed by atoms with Gasteiger partial charge in [-0.1, -0.05) is 0 Å². The first-order valence-corrected chi connectivity index (χ1v) is 8.16. The van der Waals surface area contributed by atoms with Gasteiger partial charge in [-0.3, -0.25) is 0 Å². The molecule has 0 aromatic carbocycles. The molecule has 0 bridgehead atoms. The summed E-state index contributed by atoms with van der Waals surface area (Å²) in [5.74, 6) is 0. The van der Waals surface area contributed by atoms with Crippen molar-refractivity contribution < 1.29 is 14.2 Å². The lowest BCUT2D eigenvalue weighted by Gasteiger charge is -2.55. The van der Waals surface area contributed by atoms with Gasteiger partial charge < -0.3 is 14.2 Å². The molecule has 0 N–H and O–H groups in total. The van der Waals surface area contributed by atoms with Gasteiger partial charge in [0.2, 0.25) is 0 Å². The molecule has 0 aromatic rings. The summed E-state index contributed by atoms with van der Waals surface area (Å²) in [6.45, 7) is 4.93. The van der Waals surface area contributed by atoms with Crippen molar-refractivity contribution in [2.24, 2.45) is 0 Å². The minimum absolute atomic E-state index is 0.145.